The van der Waals surface area contributed by atoms with E-state index in [0.29, 0.717) is 6.61 Å². The zero-order chi connectivity index (χ0) is 20.8. The lowest BCUT2D eigenvalue weighted by Gasteiger charge is -2.44. The van der Waals surface area contributed by atoms with Crippen molar-refractivity contribution in [2.45, 2.75) is 68.2 Å². The molecule has 2 aromatic rings. The molecule has 3 rings (SSSR count). The summed E-state index contributed by atoms with van der Waals surface area (Å²) in [7, 11) is 0. The first-order chi connectivity index (χ1) is 14.0. The maximum Gasteiger partial charge on any atom is 0.137 e. The molecule has 1 fully saturated rings. The fourth-order valence-corrected chi connectivity index (χ4v) is 4.44. The third-order valence-corrected chi connectivity index (χ3v) is 5.94. The smallest absolute Gasteiger partial charge is 0.137 e. The van der Waals surface area contributed by atoms with E-state index in [1.807, 2.05) is 75.4 Å². The van der Waals surface area contributed by atoms with Crippen molar-refractivity contribution in [3.63, 3.8) is 0 Å². The number of aliphatic hydroxyl groups excluding tert-OH is 2. The van der Waals surface area contributed by atoms with Gasteiger partial charge in [0.25, 0.3) is 0 Å². The van der Waals surface area contributed by atoms with Gasteiger partial charge in [-0.15, -0.1) is 0 Å². The van der Waals surface area contributed by atoms with Crippen molar-refractivity contribution in [3.05, 3.63) is 65.7 Å². The van der Waals surface area contributed by atoms with E-state index in [4.69, 9.17) is 14.2 Å². The average Bonchev–Trinajstić information content (AvgIpc) is 2.72. The second kappa shape index (κ2) is 10.6. The lowest BCUT2D eigenvalue weighted by atomic mass is 9.99. The highest BCUT2D eigenvalue weighted by molar-refractivity contribution is 7.99. The minimum Gasteiger partial charge on any atom is -0.394 e. The normalized spacial score (nSPS) is 27.3. The number of benzene rings is 2. The van der Waals surface area contributed by atoms with Gasteiger partial charge in [0.1, 0.15) is 29.9 Å². The molecule has 0 unspecified atom stereocenters. The summed E-state index contributed by atoms with van der Waals surface area (Å²) in [6, 6.07) is 17.9. The lowest BCUT2D eigenvalue weighted by molar-refractivity contribution is -0.241. The van der Waals surface area contributed by atoms with Crippen LogP contribution in [0.2, 0.25) is 0 Å². The van der Waals surface area contributed by atoms with Crippen molar-refractivity contribution in [1.29, 1.82) is 0 Å². The van der Waals surface area contributed by atoms with Crippen molar-refractivity contribution in [2.75, 3.05) is 6.61 Å². The average molecular weight is 419 g/mol. The van der Waals surface area contributed by atoms with E-state index in [0.717, 1.165) is 10.5 Å². The van der Waals surface area contributed by atoms with Gasteiger partial charge in [-0.2, -0.15) is 0 Å². The van der Waals surface area contributed by atoms with Crippen LogP contribution in [0.25, 0.3) is 0 Å². The van der Waals surface area contributed by atoms with E-state index in [1.54, 1.807) is 0 Å². The van der Waals surface area contributed by atoms with E-state index in [1.165, 1.54) is 17.3 Å². The summed E-state index contributed by atoms with van der Waals surface area (Å²) in [5.74, 6) is 0. The highest BCUT2D eigenvalue weighted by atomic mass is 32.2. The Labute approximate surface area is 177 Å². The van der Waals surface area contributed by atoms with Gasteiger partial charge >= 0.3 is 0 Å². The van der Waals surface area contributed by atoms with Gasteiger partial charge in [0, 0.05) is 4.90 Å². The van der Waals surface area contributed by atoms with Crippen LogP contribution < -0.4 is 0 Å². The van der Waals surface area contributed by atoms with Crippen LogP contribution in [0.4, 0.5) is 0 Å². The molecule has 5 atom stereocenters. The van der Waals surface area contributed by atoms with Crippen molar-refractivity contribution >= 4 is 11.8 Å². The van der Waals surface area contributed by atoms with E-state index in [2.05, 4.69) is 0 Å². The molecule has 6 heteroatoms. The molecule has 0 spiro atoms. The van der Waals surface area contributed by atoms with E-state index >= 15 is 0 Å². The molecule has 29 heavy (non-hydrogen) atoms. The number of ether oxygens (including phenoxy) is 3. The first-order valence-electron chi connectivity index (χ1n) is 9.96. The SMILES string of the molecule is Cc1ccc(S[C@@H]2O[C@H](CO)[C@@H](OCc3ccccc3)[C@H](O)[C@H]2OC(C)C)cc1. The van der Waals surface area contributed by atoms with Crippen LogP contribution in [0.5, 0.6) is 0 Å². The molecular formula is C23H30O5S. The number of hydrogen-bond acceptors (Lipinski definition) is 6. The standard InChI is InChI=1S/C23H30O5S/c1-15(2)27-22-20(25)21(26-14-17-7-5-4-6-8-17)19(13-24)28-23(22)29-18-11-9-16(3)10-12-18/h4-12,15,19-25H,13-14H2,1-3H3/t19-,20+,21-,22-,23+/m1/s1. The van der Waals surface area contributed by atoms with E-state index in [-0.39, 0.29) is 12.7 Å². The Bertz CT molecular complexity index is 737. The summed E-state index contributed by atoms with van der Waals surface area (Å²) >= 11 is 1.49. The van der Waals surface area contributed by atoms with Crippen LogP contribution in [0, 0.1) is 6.92 Å². The molecule has 1 aliphatic rings. The molecule has 0 aliphatic carbocycles. The first-order valence-corrected chi connectivity index (χ1v) is 10.8. The van der Waals surface area contributed by atoms with E-state index in [9.17, 15) is 10.2 Å². The van der Waals surface area contributed by atoms with Crippen LogP contribution in [0.1, 0.15) is 25.0 Å². The van der Waals surface area contributed by atoms with Gasteiger partial charge in [0.05, 0.1) is 19.3 Å². The first kappa shape index (κ1) is 22.3. The topological polar surface area (TPSA) is 68.2 Å². The number of aryl methyl sites for hydroxylation is 1. The molecule has 1 aliphatic heterocycles. The molecular weight excluding hydrogens is 388 g/mol. The molecule has 0 amide bonds. The highest BCUT2D eigenvalue weighted by Crippen LogP contribution is 2.36. The van der Waals surface area contributed by atoms with Crippen LogP contribution in [0.15, 0.2) is 59.5 Å². The summed E-state index contributed by atoms with van der Waals surface area (Å²) in [5.41, 5.74) is 1.72. The van der Waals surface area contributed by atoms with Gasteiger partial charge in [-0.25, -0.2) is 0 Å². The molecule has 0 bridgehead atoms. The molecule has 0 radical (unpaired) electrons. The van der Waals surface area contributed by atoms with Gasteiger partial charge in [-0.3, -0.25) is 0 Å². The molecule has 1 heterocycles. The van der Waals surface area contributed by atoms with Gasteiger partial charge in [-0.05, 0) is 38.5 Å². The van der Waals surface area contributed by atoms with Gasteiger partial charge in [-0.1, -0.05) is 59.8 Å². The van der Waals surface area contributed by atoms with Crippen molar-refractivity contribution in [2.24, 2.45) is 0 Å². The molecule has 0 aromatic heterocycles. The zero-order valence-electron chi connectivity index (χ0n) is 17.1. The summed E-state index contributed by atoms with van der Waals surface area (Å²) in [5, 5.41) is 21.0. The van der Waals surface area contributed by atoms with Gasteiger partial charge < -0.3 is 24.4 Å². The van der Waals surface area contributed by atoms with Crippen LogP contribution in [-0.4, -0.2) is 52.8 Å². The minimum atomic E-state index is -0.921. The second-order valence-electron chi connectivity index (χ2n) is 7.56. The predicted molar refractivity (Wildman–Crippen MR) is 114 cm³/mol. The van der Waals surface area contributed by atoms with Crippen molar-refractivity contribution in [3.8, 4) is 0 Å². The van der Waals surface area contributed by atoms with E-state index < -0.39 is 29.9 Å². The highest BCUT2D eigenvalue weighted by Gasteiger charge is 2.47. The fraction of sp³-hybridized carbons (Fsp3) is 0.478. The Kier molecular flexibility index (Phi) is 8.12. The molecule has 0 saturated carbocycles. The van der Waals surface area contributed by atoms with Gasteiger partial charge in [0.2, 0.25) is 0 Å². The molecule has 1 saturated heterocycles. The molecule has 2 N–H and O–H groups in total. The maximum absolute atomic E-state index is 11.1. The molecule has 2 aromatic carbocycles. The summed E-state index contributed by atoms with van der Waals surface area (Å²) in [6.45, 7) is 5.98. The summed E-state index contributed by atoms with van der Waals surface area (Å²) < 4.78 is 18.2. The van der Waals surface area contributed by atoms with Crippen LogP contribution in [0.3, 0.4) is 0 Å². The number of rotatable bonds is 8. The summed E-state index contributed by atoms with van der Waals surface area (Å²) in [4.78, 5) is 1.02. The number of aliphatic hydroxyl groups is 2. The zero-order valence-corrected chi connectivity index (χ0v) is 17.9. The molecule has 158 valence electrons. The Morgan fingerprint density at radius 3 is 2.34 bits per heavy atom. The molecule has 5 nitrogen and oxygen atoms in total. The number of hydrogen-bond donors (Lipinski definition) is 2. The van der Waals surface area contributed by atoms with Crippen molar-refractivity contribution < 1.29 is 24.4 Å². The second-order valence-corrected chi connectivity index (χ2v) is 8.73. The minimum absolute atomic E-state index is 0.0835. The Hall–Kier alpha value is -1.41. The van der Waals surface area contributed by atoms with Gasteiger partial charge in [0.15, 0.2) is 0 Å². The largest absolute Gasteiger partial charge is 0.394 e. The fourth-order valence-electron chi connectivity index (χ4n) is 3.32. The lowest BCUT2D eigenvalue weighted by Crippen LogP contribution is -2.59. The summed E-state index contributed by atoms with van der Waals surface area (Å²) in [6.07, 6.45) is -2.90. The van der Waals surface area contributed by atoms with Crippen molar-refractivity contribution in [1.82, 2.24) is 0 Å². The Morgan fingerprint density at radius 2 is 1.72 bits per heavy atom. The number of thioether (sulfide) groups is 1. The van der Waals surface area contributed by atoms with Crippen LogP contribution in [-0.2, 0) is 20.8 Å². The quantitative estimate of drug-likeness (QED) is 0.683. The Morgan fingerprint density at radius 1 is 1.03 bits per heavy atom. The maximum atomic E-state index is 11.1. The van der Waals surface area contributed by atoms with Crippen LogP contribution >= 0.6 is 11.8 Å². The third kappa shape index (κ3) is 6.04. The Balaban J connectivity index is 1.75. The third-order valence-electron chi connectivity index (χ3n) is 4.78. The monoisotopic (exact) mass is 418 g/mol. The predicted octanol–water partition coefficient (Wildman–Crippen LogP) is 3.54.